The fourth-order valence-corrected chi connectivity index (χ4v) is 2.93. The van der Waals surface area contributed by atoms with E-state index in [1.165, 1.54) is 0 Å². The number of halogens is 3. The van der Waals surface area contributed by atoms with Crippen LogP contribution in [0.4, 0.5) is 0 Å². The lowest BCUT2D eigenvalue weighted by Gasteiger charge is -2.15. The third-order valence-corrected chi connectivity index (χ3v) is 4.04. The highest BCUT2D eigenvalue weighted by Crippen LogP contribution is 2.31. The van der Waals surface area contributed by atoms with Crippen molar-refractivity contribution >= 4 is 34.8 Å². The second-order valence-corrected chi connectivity index (χ2v) is 5.74. The maximum Gasteiger partial charge on any atom is 0.101 e. The normalized spacial score (nSPS) is 12.7. The number of aliphatic hydroxyl groups is 1. The van der Waals surface area contributed by atoms with Gasteiger partial charge < -0.3 is 5.11 Å². The van der Waals surface area contributed by atoms with Crippen LogP contribution in [0.3, 0.4) is 0 Å². The molecule has 0 saturated heterocycles. The third-order valence-electron chi connectivity index (χ3n) is 3.04. The van der Waals surface area contributed by atoms with Gasteiger partial charge in [-0.1, -0.05) is 47.8 Å². The van der Waals surface area contributed by atoms with Crippen LogP contribution >= 0.6 is 34.8 Å². The van der Waals surface area contributed by atoms with Gasteiger partial charge in [0.05, 0.1) is 16.9 Å². The molecule has 1 heterocycles. The van der Waals surface area contributed by atoms with Crippen LogP contribution in [-0.2, 0) is 13.0 Å². The minimum absolute atomic E-state index is 0.299. The van der Waals surface area contributed by atoms with Crippen LogP contribution < -0.4 is 0 Å². The van der Waals surface area contributed by atoms with Gasteiger partial charge in [-0.2, -0.15) is 5.10 Å². The van der Waals surface area contributed by atoms with Gasteiger partial charge in [0.15, 0.2) is 0 Å². The first-order valence-electron chi connectivity index (χ1n) is 6.36. The van der Waals surface area contributed by atoms with Crippen molar-refractivity contribution in [1.82, 2.24) is 9.78 Å². The van der Waals surface area contributed by atoms with E-state index in [9.17, 15) is 5.11 Å². The lowest BCUT2D eigenvalue weighted by molar-refractivity contribution is 0.166. The molecule has 0 aliphatic heterocycles. The fourth-order valence-electron chi connectivity index (χ4n) is 2.11. The Morgan fingerprint density at radius 3 is 2.45 bits per heavy atom. The molecular formula is C14H15Cl3N2O. The molecule has 0 fully saturated rings. The molecule has 1 aromatic carbocycles. The van der Waals surface area contributed by atoms with Crippen molar-refractivity contribution in [3.8, 4) is 0 Å². The number of aliphatic hydroxyl groups excluding tert-OH is 1. The summed E-state index contributed by atoms with van der Waals surface area (Å²) in [6.45, 7) is 2.74. The van der Waals surface area contributed by atoms with Gasteiger partial charge >= 0.3 is 0 Å². The molecule has 6 heteroatoms. The molecule has 2 rings (SSSR count). The monoisotopic (exact) mass is 332 g/mol. The zero-order valence-corrected chi connectivity index (χ0v) is 13.3. The highest BCUT2D eigenvalue weighted by Gasteiger charge is 2.20. The van der Waals surface area contributed by atoms with E-state index < -0.39 is 6.10 Å². The van der Waals surface area contributed by atoms with E-state index in [0.717, 1.165) is 6.42 Å². The average Bonchev–Trinajstić information content (AvgIpc) is 2.76. The lowest BCUT2D eigenvalue weighted by atomic mass is 10.1. The molecule has 2 aromatic rings. The Balaban J connectivity index is 2.28. The average molecular weight is 334 g/mol. The maximum atomic E-state index is 10.4. The van der Waals surface area contributed by atoms with E-state index >= 15 is 0 Å². The van der Waals surface area contributed by atoms with Gasteiger partial charge in [0.25, 0.3) is 0 Å². The van der Waals surface area contributed by atoms with E-state index in [4.69, 9.17) is 34.8 Å². The van der Waals surface area contributed by atoms with E-state index in [0.29, 0.717) is 39.3 Å². The van der Waals surface area contributed by atoms with Crippen molar-refractivity contribution in [3.05, 3.63) is 50.7 Å². The van der Waals surface area contributed by atoms with Crippen molar-refractivity contribution < 1.29 is 5.11 Å². The molecule has 1 N–H and O–H groups in total. The molecule has 0 bridgehead atoms. The Hall–Kier alpha value is -0.740. The van der Waals surface area contributed by atoms with Gasteiger partial charge in [0, 0.05) is 23.0 Å². The molecule has 0 spiro atoms. The number of benzene rings is 1. The SMILES string of the molecule is CCCn1ncc(Cl)c1C(O)Cc1c(Cl)cccc1Cl. The van der Waals surface area contributed by atoms with Crippen molar-refractivity contribution in [1.29, 1.82) is 0 Å². The van der Waals surface area contributed by atoms with Crippen LogP contribution in [0.15, 0.2) is 24.4 Å². The molecule has 1 atom stereocenters. The van der Waals surface area contributed by atoms with Gasteiger partial charge in [-0.25, -0.2) is 0 Å². The maximum absolute atomic E-state index is 10.4. The number of hydrogen-bond donors (Lipinski definition) is 1. The van der Waals surface area contributed by atoms with E-state index in [1.807, 2.05) is 6.92 Å². The highest BCUT2D eigenvalue weighted by atomic mass is 35.5. The summed E-state index contributed by atoms with van der Waals surface area (Å²) in [5.41, 5.74) is 1.31. The molecule has 0 radical (unpaired) electrons. The Labute approximate surface area is 133 Å². The molecule has 0 aliphatic carbocycles. The van der Waals surface area contributed by atoms with Gasteiger partial charge in [-0.3, -0.25) is 4.68 Å². The van der Waals surface area contributed by atoms with Gasteiger partial charge in [-0.05, 0) is 24.1 Å². The van der Waals surface area contributed by atoms with Crippen LogP contribution in [0, 0.1) is 0 Å². The first-order chi connectivity index (χ1) is 9.54. The summed E-state index contributed by atoms with van der Waals surface area (Å²) in [4.78, 5) is 0. The third kappa shape index (κ3) is 3.29. The summed E-state index contributed by atoms with van der Waals surface area (Å²) in [7, 11) is 0. The molecule has 3 nitrogen and oxygen atoms in total. The predicted octanol–water partition coefficient (Wildman–Crippen LogP) is 4.53. The molecule has 0 saturated carbocycles. The Morgan fingerprint density at radius 2 is 1.85 bits per heavy atom. The lowest BCUT2D eigenvalue weighted by Crippen LogP contribution is -2.12. The second kappa shape index (κ2) is 6.81. The summed E-state index contributed by atoms with van der Waals surface area (Å²) in [6, 6.07) is 5.27. The Kier molecular flexibility index (Phi) is 5.33. The molecule has 1 aromatic heterocycles. The first-order valence-corrected chi connectivity index (χ1v) is 7.50. The molecule has 1 unspecified atom stereocenters. The first kappa shape index (κ1) is 15.6. The Bertz CT molecular complexity index is 578. The molecule has 20 heavy (non-hydrogen) atoms. The van der Waals surface area contributed by atoms with Gasteiger partial charge in [-0.15, -0.1) is 0 Å². The van der Waals surface area contributed by atoms with E-state index in [1.54, 1.807) is 29.1 Å². The summed E-state index contributed by atoms with van der Waals surface area (Å²) in [5, 5.41) is 16.1. The zero-order chi connectivity index (χ0) is 14.7. The second-order valence-electron chi connectivity index (χ2n) is 4.52. The largest absolute Gasteiger partial charge is 0.386 e. The van der Waals surface area contributed by atoms with Crippen LogP contribution in [0.2, 0.25) is 15.1 Å². The van der Waals surface area contributed by atoms with Gasteiger partial charge in [0.1, 0.15) is 6.10 Å². The standard InChI is InChI=1S/C14H15Cl3N2O/c1-2-6-19-14(12(17)8-18-19)13(20)7-9-10(15)4-3-5-11(9)16/h3-5,8,13,20H,2,6-7H2,1H3. The smallest absolute Gasteiger partial charge is 0.101 e. The summed E-state index contributed by atoms with van der Waals surface area (Å²) in [6.07, 6.45) is 1.95. The number of aromatic nitrogens is 2. The topological polar surface area (TPSA) is 38.0 Å². The zero-order valence-electron chi connectivity index (χ0n) is 11.0. The Morgan fingerprint density at radius 1 is 1.20 bits per heavy atom. The van der Waals surface area contributed by atoms with Crippen molar-refractivity contribution in [2.24, 2.45) is 0 Å². The van der Waals surface area contributed by atoms with Crippen LogP contribution in [0.25, 0.3) is 0 Å². The summed E-state index contributed by atoms with van der Waals surface area (Å²) >= 11 is 18.4. The van der Waals surface area contributed by atoms with Crippen LogP contribution in [0.5, 0.6) is 0 Å². The summed E-state index contributed by atoms with van der Waals surface area (Å²) in [5.74, 6) is 0. The number of nitrogens with zero attached hydrogens (tertiary/aromatic N) is 2. The minimum Gasteiger partial charge on any atom is -0.386 e. The van der Waals surface area contributed by atoms with Crippen molar-refractivity contribution in [3.63, 3.8) is 0 Å². The number of hydrogen-bond acceptors (Lipinski definition) is 2. The van der Waals surface area contributed by atoms with E-state index in [2.05, 4.69) is 5.10 Å². The number of aryl methyl sites for hydroxylation is 1. The van der Waals surface area contributed by atoms with E-state index in [-0.39, 0.29) is 0 Å². The van der Waals surface area contributed by atoms with Gasteiger partial charge in [0.2, 0.25) is 0 Å². The molecule has 0 aliphatic rings. The van der Waals surface area contributed by atoms with Crippen LogP contribution in [-0.4, -0.2) is 14.9 Å². The fraction of sp³-hybridized carbons (Fsp3) is 0.357. The number of rotatable bonds is 5. The molecule has 108 valence electrons. The highest BCUT2D eigenvalue weighted by molar-refractivity contribution is 6.36. The summed E-state index contributed by atoms with van der Waals surface area (Å²) < 4.78 is 1.72. The molecular weight excluding hydrogens is 319 g/mol. The van der Waals surface area contributed by atoms with Crippen molar-refractivity contribution in [2.45, 2.75) is 32.4 Å². The minimum atomic E-state index is -0.797. The predicted molar refractivity (Wildman–Crippen MR) is 82.7 cm³/mol. The quantitative estimate of drug-likeness (QED) is 0.873. The van der Waals surface area contributed by atoms with Crippen molar-refractivity contribution in [2.75, 3.05) is 0 Å². The molecule has 0 amide bonds. The van der Waals surface area contributed by atoms with Crippen LogP contribution in [0.1, 0.15) is 30.7 Å².